The minimum absolute atomic E-state index is 0.216. The van der Waals surface area contributed by atoms with Gasteiger partial charge in [0.1, 0.15) is 11.4 Å². The molecule has 8 nitrogen and oxygen atoms in total. The van der Waals surface area contributed by atoms with Crippen molar-refractivity contribution >= 4 is 23.0 Å². The quantitative estimate of drug-likeness (QED) is 0.724. The normalized spacial score (nSPS) is 15.2. The van der Waals surface area contributed by atoms with E-state index in [9.17, 15) is 14.7 Å². The molecule has 0 radical (unpaired) electrons. The predicted octanol–water partition coefficient (Wildman–Crippen LogP) is 3.25. The van der Waals surface area contributed by atoms with Crippen molar-refractivity contribution in [2.45, 2.75) is 32.8 Å². The van der Waals surface area contributed by atoms with Crippen molar-refractivity contribution in [2.75, 3.05) is 39.3 Å². The van der Waals surface area contributed by atoms with Crippen LogP contribution in [0.25, 0.3) is 10.9 Å². The zero-order valence-corrected chi connectivity index (χ0v) is 17.8. The van der Waals surface area contributed by atoms with Gasteiger partial charge in [0.2, 0.25) is 0 Å². The van der Waals surface area contributed by atoms with Gasteiger partial charge in [0.05, 0.1) is 17.7 Å². The first-order chi connectivity index (χ1) is 14.2. The molecular weight excluding hydrogens is 386 g/mol. The third-order valence-electron chi connectivity index (χ3n) is 4.85. The summed E-state index contributed by atoms with van der Waals surface area (Å²) >= 11 is 0. The fourth-order valence-electron chi connectivity index (χ4n) is 3.36. The molecule has 162 valence electrons. The van der Waals surface area contributed by atoms with E-state index in [1.165, 1.54) is 12.3 Å². The number of aromatic nitrogens is 1. The lowest BCUT2D eigenvalue weighted by molar-refractivity contribution is 0.0142. The summed E-state index contributed by atoms with van der Waals surface area (Å²) in [6.45, 7) is 9.95. The van der Waals surface area contributed by atoms with Crippen LogP contribution in [0.5, 0.6) is 5.75 Å². The largest absolute Gasteiger partial charge is 0.494 e. The van der Waals surface area contributed by atoms with Gasteiger partial charge in [-0.3, -0.25) is 9.88 Å². The van der Waals surface area contributed by atoms with Gasteiger partial charge < -0.3 is 19.5 Å². The van der Waals surface area contributed by atoms with Gasteiger partial charge in [-0.25, -0.2) is 9.59 Å². The van der Waals surface area contributed by atoms with Gasteiger partial charge in [-0.1, -0.05) is 0 Å². The van der Waals surface area contributed by atoms with Crippen molar-refractivity contribution in [3.63, 3.8) is 0 Å². The summed E-state index contributed by atoms with van der Waals surface area (Å²) in [6.07, 6.45) is 2.08. The van der Waals surface area contributed by atoms with Crippen LogP contribution in [-0.4, -0.2) is 76.9 Å². The number of piperazine rings is 1. The Morgan fingerprint density at radius 2 is 1.87 bits per heavy atom. The minimum atomic E-state index is -0.981. The monoisotopic (exact) mass is 415 g/mol. The Balaban J connectivity index is 1.43. The molecule has 1 saturated heterocycles. The van der Waals surface area contributed by atoms with Crippen molar-refractivity contribution < 1.29 is 24.2 Å². The number of rotatable bonds is 6. The molecule has 0 atom stereocenters. The fraction of sp³-hybridized carbons (Fsp3) is 0.500. The van der Waals surface area contributed by atoms with Crippen LogP contribution in [0.4, 0.5) is 4.79 Å². The number of fused-ring (bicyclic) bond motifs is 1. The van der Waals surface area contributed by atoms with E-state index in [2.05, 4.69) is 9.88 Å². The number of nitrogens with zero attached hydrogens (tertiary/aromatic N) is 3. The predicted molar refractivity (Wildman–Crippen MR) is 113 cm³/mol. The average molecular weight is 415 g/mol. The summed E-state index contributed by atoms with van der Waals surface area (Å²) in [7, 11) is 0. The second-order valence-corrected chi connectivity index (χ2v) is 8.35. The van der Waals surface area contributed by atoms with Gasteiger partial charge in [-0.2, -0.15) is 0 Å². The van der Waals surface area contributed by atoms with Crippen molar-refractivity contribution in [1.82, 2.24) is 14.8 Å². The number of pyridine rings is 1. The second-order valence-electron chi connectivity index (χ2n) is 8.35. The molecule has 8 heteroatoms. The van der Waals surface area contributed by atoms with Crippen molar-refractivity contribution in [2.24, 2.45) is 0 Å². The van der Waals surface area contributed by atoms with E-state index < -0.39 is 11.6 Å². The average Bonchev–Trinajstić information content (AvgIpc) is 2.69. The number of aromatic carboxylic acids is 1. The van der Waals surface area contributed by atoms with Gasteiger partial charge in [0.15, 0.2) is 0 Å². The van der Waals surface area contributed by atoms with E-state index >= 15 is 0 Å². The molecule has 3 rings (SSSR count). The van der Waals surface area contributed by atoms with Crippen LogP contribution in [0.2, 0.25) is 0 Å². The highest BCUT2D eigenvalue weighted by molar-refractivity contribution is 6.02. The molecule has 0 aliphatic carbocycles. The maximum Gasteiger partial charge on any atom is 0.410 e. The zero-order valence-electron chi connectivity index (χ0n) is 17.8. The van der Waals surface area contributed by atoms with Gasteiger partial charge in [0.25, 0.3) is 0 Å². The molecule has 1 aromatic carbocycles. The van der Waals surface area contributed by atoms with Gasteiger partial charge in [-0.05, 0) is 51.5 Å². The molecule has 1 amide bonds. The number of carboxylic acids is 1. The van der Waals surface area contributed by atoms with E-state index in [1.807, 2.05) is 20.8 Å². The van der Waals surface area contributed by atoms with E-state index in [0.29, 0.717) is 36.3 Å². The van der Waals surface area contributed by atoms with Crippen LogP contribution >= 0.6 is 0 Å². The molecule has 1 N–H and O–H groups in total. The highest BCUT2D eigenvalue weighted by Gasteiger charge is 2.25. The number of hydrogen-bond donors (Lipinski definition) is 1. The number of amides is 1. The summed E-state index contributed by atoms with van der Waals surface area (Å²) in [5.41, 5.74) is 0.369. The SMILES string of the molecule is CC(C)(C)OC(=O)N1CCN(CCCOc2ccc3nccc(C(=O)O)c3c2)CC1. The van der Waals surface area contributed by atoms with Crippen molar-refractivity contribution in [3.05, 3.63) is 36.0 Å². The lowest BCUT2D eigenvalue weighted by Crippen LogP contribution is -2.50. The van der Waals surface area contributed by atoms with Crippen LogP contribution < -0.4 is 4.74 Å². The zero-order chi connectivity index (χ0) is 21.7. The Morgan fingerprint density at radius 1 is 1.13 bits per heavy atom. The van der Waals surface area contributed by atoms with Crippen LogP contribution in [0.1, 0.15) is 37.6 Å². The second kappa shape index (κ2) is 9.30. The van der Waals surface area contributed by atoms with E-state index in [0.717, 1.165) is 26.1 Å². The summed E-state index contributed by atoms with van der Waals surface area (Å²) in [6, 6.07) is 6.80. The number of hydrogen-bond acceptors (Lipinski definition) is 6. The minimum Gasteiger partial charge on any atom is -0.494 e. The maximum absolute atomic E-state index is 12.1. The molecule has 1 aromatic heterocycles. The fourth-order valence-corrected chi connectivity index (χ4v) is 3.36. The van der Waals surface area contributed by atoms with Gasteiger partial charge in [-0.15, -0.1) is 0 Å². The van der Waals surface area contributed by atoms with Crippen LogP contribution in [-0.2, 0) is 4.74 Å². The van der Waals surface area contributed by atoms with E-state index in [4.69, 9.17) is 9.47 Å². The van der Waals surface area contributed by atoms with Gasteiger partial charge in [0, 0.05) is 44.3 Å². The molecule has 0 spiro atoms. The molecule has 1 aliphatic heterocycles. The standard InChI is InChI=1S/C22H29N3O5/c1-22(2,3)30-21(28)25-12-10-24(11-13-25)9-4-14-29-16-5-6-19-18(15-16)17(20(26)27)7-8-23-19/h5-8,15H,4,9-14H2,1-3H3,(H,26,27). The number of carbonyl (C=O) groups is 2. The van der Waals surface area contributed by atoms with Crippen LogP contribution in [0, 0.1) is 0 Å². The Labute approximate surface area is 176 Å². The smallest absolute Gasteiger partial charge is 0.410 e. The Kier molecular flexibility index (Phi) is 6.77. The Bertz CT molecular complexity index is 901. The number of carboxylic acid groups (broad SMARTS) is 1. The molecular formula is C22H29N3O5. The lowest BCUT2D eigenvalue weighted by Gasteiger charge is -2.35. The summed E-state index contributed by atoms with van der Waals surface area (Å²) in [5.74, 6) is -0.349. The maximum atomic E-state index is 12.1. The highest BCUT2D eigenvalue weighted by atomic mass is 16.6. The van der Waals surface area contributed by atoms with Crippen molar-refractivity contribution in [3.8, 4) is 5.75 Å². The first-order valence-corrected chi connectivity index (χ1v) is 10.2. The molecule has 1 fully saturated rings. The molecule has 1 aliphatic rings. The van der Waals surface area contributed by atoms with Crippen LogP contribution in [0.15, 0.2) is 30.5 Å². The first kappa shape index (κ1) is 21.8. The molecule has 30 heavy (non-hydrogen) atoms. The van der Waals surface area contributed by atoms with Crippen molar-refractivity contribution in [1.29, 1.82) is 0 Å². The Hall–Kier alpha value is -2.87. The summed E-state index contributed by atoms with van der Waals surface area (Å²) in [4.78, 5) is 31.8. The molecule has 2 heterocycles. The van der Waals surface area contributed by atoms with Gasteiger partial charge >= 0.3 is 12.1 Å². The molecule has 0 bridgehead atoms. The number of benzene rings is 1. The van der Waals surface area contributed by atoms with Crippen LogP contribution in [0.3, 0.4) is 0 Å². The number of ether oxygens (including phenoxy) is 2. The molecule has 0 saturated carbocycles. The number of carbonyl (C=O) groups excluding carboxylic acids is 1. The molecule has 2 aromatic rings. The molecule has 0 unspecified atom stereocenters. The summed E-state index contributed by atoms with van der Waals surface area (Å²) < 4.78 is 11.2. The highest BCUT2D eigenvalue weighted by Crippen LogP contribution is 2.23. The third-order valence-corrected chi connectivity index (χ3v) is 4.85. The first-order valence-electron chi connectivity index (χ1n) is 10.2. The third kappa shape index (κ3) is 5.82. The summed E-state index contributed by atoms with van der Waals surface area (Å²) in [5, 5.41) is 9.90. The van der Waals surface area contributed by atoms with E-state index in [-0.39, 0.29) is 11.7 Å². The Morgan fingerprint density at radius 3 is 2.53 bits per heavy atom. The van der Waals surface area contributed by atoms with E-state index in [1.54, 1.807) is 23.1 Å². The lowest BCUT2D eigenvalue weighted by atomic mass is 10.1. The topological polar surface area (TPSA) is 92.2 Å².